The van der Waals surface area contributed by atoms with Gasteiger partial charge in [0.1, 0.15) is 5.69 Å². The maximum atomic E-state index is 4.59. The molecule has 1 radical (unpaired) electrons. The van der Waals surface area contributed by atoms with Crippen molar-refractivity contribution in [2.24, 2.45) is 0 Å². The van der Waals surface area contributed by atoms with Gasteiger partial charge in [-0.05, 0) is 12.1 Å². The zero-order chi connectivity index (χ0) is 17.4. The van der Waals surface area contributed by atoms with Gasteiger partial charge in [0, 0.05) is 18.5 Å². The molecule has 0 aliphatic rings. The largest absolute Gasteiger partial charge is 2.00 e. The number of nitrogens with one attached hydrogen (secondary N) is 3. The summed E-state index contributed by atoms with van der Waals surface area (Å²) in [5, 5.41) is 7.54. The Morgan fingerprint density at radius 2 is 1.76 bits per heavy atom. The van der Waals surface area contributed by atoms with Gasteiger partial charge in [-0.25, -0.2) is 9.97 Å². The summed E-state index contributed by atoms with van der Waals surface area (Å²) in [6.07, 6.45) is 0. The minimum atomic E-state index is 0. The molecule has 0 bridgehead atoms. The molecule has 3 N–H and O–H groups in total. The van der Waals surface area contributed by atoms with E-state index in [-0.39, 0.29) is 17.1 Å². The first kappa shape index (κ1) is 22.1. The van der Waals surface area contributed by atoms with E-state index in [9.17, 15) is 0 Å². The summed E-state index contributed by atoms with van der Waals surface area (Å²) >= 11 is 19.9. The van der Waals surface area contributed by atoms with E-state index < -0.39 is 0 Å². The molecular formula is C14H13MnN5S5. The number of rotatable bonds is 4. The smallest absolute Gasteiger partial charge is 0.412 e. The van der Waals surface area contributed by atoms with E-state index >= 15 is 0 Å². The van der Waals surface area contributed by atoms with Crippen LogP contribution in [0.2, 0.25) is 0 Å². The fourth-order valence-electron chi connectivity index (χ4n) is 1.73. The molecule has 2 aromatic heterocycles. The van der Waals surface area contributed by atoms with Crippen molar-refractivity contribution in [1.29, 1.82) is 0 Å². The molecule has 0 saturated carbocycles. The Hall–Kier alpha value is -0.941. The first-order valence-electron chi connectivity index (χ1n) is 6.79. The van der Waals surface area contributed by atoms with Crippen molar-refractivity contribution < 1.29 is 17.1 Å². The van der Waals surface area contributed by atoms with Gasteiger partial charge in [0.15, 0.2) is 5.82 Å². The van der Waals surface area contributed by atoms with Gasteiger partial charge in [0.05, 0.1) is 16.5 Å². The minimum Gasteiger partial charge on any atom is -0.412 e. The molecule has 0 saturated heterocycles. The predicted octanol–water partition coefficient (Wildman–Crippen LogP) is 2.51. The second-order valence-corrected chi connectivity index (χ2v) is 7.27. The number of aromatic nitrogens is 3. The molecule has 3 rings (SSSR count). The molecule has 11 heteroatoms. The van der Waals surface area contributed by atoms with Gasteiger partial charge in [0.2, 0.25) is 0 Å². The molecule has 0 aliphatic heterocycles. The number of benzene rings is 1. The maximum Gasteiger partial charge on any atom is 2.00 e. The third-order valence-corrected chi connectivity index (χ3v) is 3.89. The van der Waals surface area contributed by atoms with E-state index in [0.717, 1.165) is 22.6 Å². The van der Waals surface area contributed by atoms with E-state index in [1.54, 1.807) is 11.3 Å². The van der Waals surface area contributed by atoms with Gasteiger partial charge in [-0.15, -0.1) is 11.3 Å². The molecule has 0 atom stereocenters. The van der Waals surface area contributed by atoms with Gasteiger partial charge >= 0.3 is 17.1 Å². The van der Waals surface area contributed by atoms with Crippen molar-refractivity contribution in [3.05, 3.63) is 35.2 Å². The van der Waals surface area contributed by atoms with Crippen molar-refractivity contribution in [2.45, 2.75) is 0 Å². The molecule has 0 aliphatic carbocycles. The number of para-hydroxylation sites is 2. The van der Waals surface area contributed by atoms with Crippen LogP contribution in [0.15, 0.2) is 35.2 Å². The van der Waals surface area contributed by atoms with Crippen LogP contribution in [-0.2, 0) is 42.3 Å². The summed E-state index contributed by atoms with van der Waals surface area (Å²) in [6.45, 7) is 1.33. The van der Waals surface area contributed by atoms with Crippen molar-refractivity contribution in [1.82, 2.24) is 25.6 Å². The maximum absolute atomic E-state index is 4.59. The fourth-order valence-corrected chi connectivity index (χ4v) is 2.68. The Bertz CT molecular complexity index is 756. The number of H-pyrrole nitrogens is 1. The quantitative estimate of drug-likeness (QED) is 0.235. The minimum absolute atomic E-state index is 0. The molecule has 2 heterocycles. The summed E-state index contributed by atoms with van der Waals surface area (Å²) in [5.74, 6) is 0.840. The summed E-state index contributed by atoms with van der Waals surface area (Å²) < 4.78 is 0.745. The molecule has 1 aromatic carbocycles. The molecule has 3 aromatic rings. The normalized spacial score (nSPS) is 9.44. The molecule has 0 spiro atoms. The predicted molar refractivity (Wildman–Crippen MR) is 113 cm³/mol. The number of aromatic amines is 1. The molecule has 0 unspecified atom stereocenters. The van der Waals surface area contributed by atoms with E-state index in [0.29, 0.717) is 21.7 Å². The Kier molecular flexibility index (Phi) is 10.3. The first-order chi connectivity index (χ1) is 11.6. The van der Waals surface area contributed by atoms with Crippen LogP contribution in [-0.4, -0.2) is 36.7 Å². The second kappa shape index (κ2) is 11.6. The number of fused-ring (bicyclic) bond motifs is 1. The van der Waals surface area contributed by atoms with Crippen LogP contribution < -0.4 is 10.6 Å². The number of thiocarbonyl (C=S) groups is 2. The van der Waals surface area contributed by atoms with Gasteiger partial charge in [-0.1, -0.05) is 20.8 Å². The molecular weight excluding hydrogens is 453 g/mol. The fraction of sp³-hybridized carbons (Fsp3) is 0.143. The number of hydrogen-bond donors (Lipinski definition) is 3. The van der Waals surface area contributed by atoms with Crippen LogP contribution in [0.4, 0.5) is 0 Å². The van der Waals surface area contributed by atoms with Crippen LogP contribution in [0.5, 0.6) is 0 Å². The molecule has 25 heavy (non-hydrogen) atoms. The summed E-state index contributed by atoms with van der Waals surface area (Å²) in [4.78, 5) is 11.9. The summed E-state index contributed by atoms with van der Waals surface area (Å²) in [6, 6.07) is 7.97. The third kappa shape index (κ3) is 7.87. The van der Waals surface area contributed by atoms with E-state index in [4.69, 9.17) is 0 Å². The Morgan fingerprint density at radius 3 is 2.28 bits per heavy atom. The van der Waals surface area contributed by atoms with E-state index in [1.165, 1.54) is 0 Å². The van der Waals surface area contributed by atoms with Crippen LogP contribution in [0.25, 0.3) is 22.6 Å². The summed E-state index contributed by atoms with van der Waals surface area (Å²) in [7, 11) is 0. The van der Waals surface area contributed by atoms with Crippen molar-refractivity contribution in [3.63, 3.8) is 0 Å². The van der Waals surface area contributed by atoms with Crippen molar-refractivity contribution >= 4 is 80.7 Å². The standard InChI is InChI=1S/C10H7N3S.C4H8N2S4.Mn/c1-2-4-8-7(3-1)12-10(13-8)9-5-14-6-11-9;7-3(8)5-1-2-6-4(9)10;/h1-6H,(H,12,13);1-2H2,(H2,5,7,8)(H2,6,9,10);/q;;+2/p-2. The monoisotopic (exact) mass is 466 g/mol. The van der Waals surface area contributed by atoms with Gasteiger partial charge in [-0.2, -0.15) is 0 Å². The average Bonchev–Trinajstić information content (AvgIpc) is 3.20. The third-order valence-electron chi connectivity index (χ3n) is 2.73. The van der Waals surface area contributed by atoms with Crippen LogP contribution >= 0.6 is 35.8 Å². The number of hydrogen-bond acceptors (Lipinski definition) is 7. The van der Waals surface area contributed by atoms with Crippen LogP contribution in [0.1, 0.15) is 0 Å². The SMILES string of the molecule is S=C([S-])NCCNC(=S)[S-].[Mn+2].c1ccc2[nH]c(-c3cscn3)nc2c1. The molecule has 5 nitrogen and oxygen atoms in total. The van der Waals surface area contributed by atoms with Crippen molar-refractivity contribution in [2.75, 3.05) is 13.1 Å². The second-order valence-electron chi connectivity index (χ2n) is 4.40. The number of thiazole rings is 1. The first-order valence-corrected chi connectivity index (χ1v) is 9.37. The van der Waals surface area contributed by atoms with Gasteiger partial charge in [-0.3, -0.25) is 0 Å². The summed E-state index contributed by atoms with van der Waals surface area (Å²) in [5.41, 5.74) is 4.75. The zero-order valence-corrected chi connectivity index (χ0v) is 18.0. The molecule has 0 fully saturated rings. The Balaban J connectivity index is 0.000000257. The van der Waals surface area contributed by atoms with Crippen LogP contribution in [0, 0.1) is 0 Å². The van der Waals surface area contributed by atoms with Gasteiger partial charge in [0.25, 0.3) is 0 Å². The topological polar surface area (TPSA) is 65.6 Å². The molecule has 0 amide bonds. The van der Waals surface area contributed by atoms with Crippen LogP contribution in [0.3, 0.4) is 0 Å². The average molecular weight is 467 g/mol. The van der Waals surface area contributed by atoms with Crippen molar-refractivity contribution in [3.8, 4) is 11.5 Å². The van der Waals surface area contributed by atoms with Gasteiger partial charge < -0.3 is 65.3 Å². The zero-order valence-electron chi connectivity index (χ0n) is 12.7. The number of nitrogens with zero attached hydrogens (tertiary/aromatic N) is 2. The number of imidazole rings is 1. The Morgan fingerprint density at radius 1 is 1.12 bits per heavy atom. The van der Waals surface area contributed by atoms with E-state index in [1.807, 2.05) is 35.2 Å². The van der Waals surface area contributed by atoms with E-state index in [2.05, 4.69) is 75.3 Å². The Labute approximate surface area is 182 Å². The molecule has 131 valence electrons.